The summed E-state index contributed by atoms with van der Waals surface area (Å²) in [6.45, 7) is 1.96. The minimum Gasteiger partial charge on any atom is -0.508 e. The number of rotatable bonds is 5. The molecule has 1 aromatic heterocycles. The molecule has 1 aromatic carbocycles. The van der Waals surface area contributed by atoms with Crippen LogP contribution in [0.4, 0.5) is 11.4 Å². The van der Waals surface area contributed by atoms with Crippen molar-refractivity contribution in [1.82, 2.24) is 15.2 Å². The van der Waals surface area contributed by atoms with E-state index in [0.29, 0.717) is 12.2 Å². The molecule has 0 aliphatic rings. The number of hydrogen-bond acceptors (Lipinski definition) is 6. The highest BCUT2D eigenvalue weighted by Crippen LogP contribution is 2.28. The summed E-state index contributed by atoms with van der Waals surface area (Å²) in [7, 11) is 0. The highest BCUT2D eigenvalue weighted by molar-refractivity contribution is 6.02. The fraction of sp³-hybridized carbons (Fsp3) is 0.250. The van der Waals surface area contributed by atoms with Crippen molar-refractivity contribution in [2.45, 2.75) is 19.8 Å². The summed E-state index contributed by atoms with van der Waals surface area (Å²) >= 11 is 0. The second-order valence-electron chi connectivity index (χ2n) is 4.27. The first-order chi connectivity index (χ1) is 10.0. The SMILES string of the molecule is CCCc1nc(C(=O)Nc2ccc(O)cc2[N+](=O)[O-])n[nH]1. The normalized spacial score (nSPS) is 10.3. The summed E-state index contributed by atoms with van der Waals surface area (Å²) < 4.78 is 0. The lowest BCUT2D eigenvalue weighted by Crippen LogP contribution is -2.14. The van der Waals surface area contributed by atoms with Crippen LogP contribution in [0.25, 0.3) is 0 Å². The van der Waals surface area contributed by atoms with E-state index in [-0.39, 0.29) is 17.3 Å². The summed E-state index contributed by atoms with van der Waals surface area (Å²) in [5.74, 6) is -0.450. The van der Waals surface area contributed by atoms with Gasteiger partial charge >= 0.3 is 0 Å². The Kier molecular flexibility index (Phi) is 4.12. The Morgan fingerprint density at radius 1 is 1.52 bits per heavy atom. The summed E-state index contributed by atoms with van der Waals surface area (Å²) in [6, 6.07) is 3.43. The zero-order valence-electron chi connectivity index (χ0n) is 11.2. The van der Waals surface area contributed by atoms with Crippen LogP contribution in [0.15, 0.2) is 18.2 Å². The van der Waals surface area contributed by atoms with E-state index in [4.69, 9.17) is 0 Å². The molecule has 0 bridgehead atoms. The fourth-order valence-corrected chi connectivity index (χ4v) is 1.70. The number of aromatic amines is 1. The average Bonchev–Trinajstić information content (AvgIpc) is 2.89. The zero-order valence-corrected chi connectivity index (χ0v) is 11.2. The predicted molar refractivity (Wildman–Crippen MR) is 73.1 cm³/mol. The molecule has 21 heavy (non-hydrogen) atoms. The van der Waals surface area contributed by atoms with Gasteiger partial charge in [-0.2, -0.15) is 0 Å². The van der Waals surface area contributed by atoms with Crippen LogP contribution in [0.3, 0.4) is 0 Å². The second-order valence-corrected chi connectivity index (χ2v) is 4.27. The maximum absolute atomic E-state index is 12.0. The van der Waals surface area contributed by atoms with Crippen LogP contribution in [-0.4, -0.2) is 31.1 Å². The molecule has 110 valence electrons. The maximum Gasteiger partial charge on any atom is 0.296 e. The van der Waals surface area contributed by atoms with Crippen molar-refractivity contribution >= 4 is 17.3 Å². The molecule has 0 fully saturated rings. The first-order valence-electron chi connectivity index (χ1n) is 6.21. The van der Waals surface area contributed by atoms with Gasteiger partial charge in [0, 0.05) is 6.42 Å². The molecule has 0 saturated heterocycles. The quantitative estimate of drug-likeness (QED) is 0.435. The Balaban J connectivity index is 2.20. The number of carbonyl (C=O) groups excluding carboxylic acids is 1. The maximum atomic E-state index is 12.0. The van der Waals surface area contributed by atoms with Crippen molar-refractivity contribution < 1.29 is 14.8 Å². The third-order valence-electron chi connectivity index (χ3n) is 2.65. The minimum absolute atomic E-state index is 0.0374. The van der Waals surface area contributed by atoms with E-state index in [1.54, 1.807) is 0 Å². The number of benzene rings is 1. The van der Waals surface area contributed by atoms with Crippen LogP contribution in [0, 0.1) is 10.1 Å². The molecule has 1 amide bonds. The number of phenols is 1. The van der Waals surface area contributed by atoms with Crippen LogP contribution in [0.1, 0.15) is 29.8 Å². The molecule has 0 saturated carbocycles. The van der Waals surface area contributed by atoms with Gasteiger partial charge in [-0.05, 0) is 18.6 Å². The van der Waals surface area contributed by atoms with Crippen molar-refractivity contribution in [3.63, 3.8) is 0 Å². The number of aromatic hydroxyl groups is 1. The average molecular weight is 291 g/mol. The number of amides is 1. The van der Waals surface area contributed by atoms with Crippen molar-refractivity contribution in [2.75, 3.05) is 5.32 Å². The van der Waals surface area contributed by atoms with Gasteiger partial charge in [-0.15, -0.1) is 5.10 Å². The van der Waals surface area contributed by atoms with Gasteiger partial charge in [0.05, 0.1) is 11.0 Å². The van der Waals surface area contributed by atoms with Gasteiger partial charge in [0.2, 0.25) is 5.82 Å². The smallest absolute Gasteiger partial charge is 0.296 e. The van der Waals surface area contributed by atoms with Crippen molar-refractivity contribution in [1.29, 1.82) is 0 Å². The molecule has 2 aromatic rings. The lowest BCUT2D eigenvalue weighted by atomic mass is 10.2. The third-order valence-corrected chi connectivity index (χ3v) is 2.65. The Morgan fingerprint density at radius 2 is 2.29 bits per heavy atom. The molecule has 0 aliphatic carbocycles. The van der Waals surface area contributed by atoms with Crippen molar-refractivity contribution in [3.05, 3.63) is 40.0 Å². The summed E-state index contributed by atoms with van der Waals surface area (Å²) in [6.07, 6.45) is 1.50. The molecule has 0 unspecified atom stereocenters. The number of carbonyl (C=O) groups is 1. The van der Waals surface area contributed by atoms with Crippen LogP contribution < -0.4 is 5.32 Å². The van der Waals surface area contributed by atoms with E-state index >= 15 is 0 Å². The molecule has 0 radical (unpaired) electrons. The summed E-state index contributed by atoms with van der Waals surface area (Å²) in [5.41, 5.74) is -0.447. The van der Waals surface area contributed by atoms with Gasteiger partial charge < -0.3 is 10.4 Å². The predicted octanol–water partition coefficient (Wildman–Crippen LogP) is 1.62. The first-order valence-corrected chi connectivity index (χ1v) is 6.21. The minimum atomic E-state index is -0.699. The number of nitrogens with one attached hydrogen (secondary N) is 2. The molecule has 3 N–H and O–H groups in total. The monoisotopic (exact) mass is 291 g/mol. The number of nitro groups is 1. The fourth-order valence-electron chi connectivity index (χ4n) is 1.70. The van der Waals surface area contributed by atoms with E-state index in [1.165, 1.54) is 12.1 Å². The standard InChI is InChI=1S/C12H13N5O4/c1-2-3-10-14-11(16-15-10)12(19)13-8-5-4-7(18)6-9(8)17(20)21/h4-6,18H,2-3H2,1H3,(H,13,19)(H,14,15,16). The molecule has 9 heteroatoms. The lowest BCUT2D eigenvalue weighted by Gasteiger charge is -2.04. The van der Waals surface area contributed by atoms with Gasteiger partial charge in [-0.1, -0.05) is 6.92 Å². The summed E-state index contributed by atoms with van der Waals surface area (Å²) in [4.78, 5) is 26.1. The van der Waals surface area contributed by atoms with Gasteiger partial charge in [0.15, 0.2) is 0 Å². The van der Waals surface area contributed by atoms with Crippen LogP contribution >= 0.6 is 0 Å². The van der Waals surface area contributed by atoms with E-state index in [0.717, 1.165) is 12.5 Å². The van der Waals surface area contributed by atoms with Gasteiger partial charge in [0.1, 0.15) is 17.3 Å². The largest absolute Gasteiger partial charge is 0.508 e. The number of aromatic nitrogens is 3. The second kappa shape index (κ2) is 5.99. The number of anilines is 1. The molecular formula is C12H13N5O4. The molecule has 0 spiro atoms. The molecule has 0 aliphatic heterocycles. The van der Waals surface area contributed by atoms with E-state index in [9.17, 15) is 20.0 Å². The van der Waals surface area contributed by atoms with Crippen LogP contribution in [0.2, 0.25) is 0 Å². The van der Waals surface area contributed by atoms with Gasteiger partial charge in [0.25, 0.3) is 11.6 Å². The Labute approximate surface area is 119 Å². The molecular weight excluding hydrogens is 278 g/mol. The lowest BCUT2D eigenvalue weighted by molar-refractivity contribution is -0.384. The van der Waals surface area contributed by atoms with Gasteiger partial charge in [-0.3, -0.25) is 20.0 Å². The van der Waals surface area contributed by atoms with Crippen LogP contribution in [0.5, 0.6) is 5.75 Å². The zero-order chi connectivity index (χ0) is 15.4. The van der Waals surface area contributed by atoms with E-state index in [1.807, 2.05) is 6.92 Å². The highest BCUT2D eigenvalue weighted by Gasteiger charge is 2.19. The number of hydrogen-bond donors (Lipinski definition) is 3. The number of nitro benzene ring substituents is 1. The van der Waals surface area contributed by atoms with Crippen molar-refractivity contribution in [2.24, 2.45) is 0 Å². The Morgan fingerprint density at radius 3 is 2.95 bits per heavy atom. The van der Waals surface area contributed by atoms with E-state index < -0.39 is 16.5 Å². The summed E-state index contributed by atoms with van der Waals surface area (Å²) in [5, 5.41) is 28.9. The number of aryl methyl sites for hydroxylation is 1. The highest BCUT2D eigenvalue weighted by atomic mass is 16.6. The molecule has 1 heterocycles. The van der Waals surface area contributed by atoms with Gasteiger partial charge in [-0.25, -0.2) is 4.98 Å². The molecule has 9 nitrogen and oxygen atoms in total. The molecule has 0 atom stereocenters. The number of phenolic OH excluding ortho intramolecular Hbond substituents is 1. The Hall–Kier alpha value is -2.97. The number of nitrogens with zero attached hydrogens (tertiary/aromatic N) is 3. The Bertz CT molecular complexity index is 682. The third kappa shape index (κ3) is 3.32. The van der Waals surface area contributed by atoms with Crippen LogP contribution in [-0.2, 0) is 6.42 Å². The first kappa shape index (κ1) is 14.4. The number of H-pyrrole nitrogens is 1. The van der Waals surface area contributed by atoms with E-state index in [2.05, 4.69) is 20.5 Å². The van der Waals surface area contributed by atoms with Crippen molar-refractivity contribution in [3.8, 4) is 5.75 Å². The topological polar surface area (TPSA) is 134 Å². The molecule has 2 rings (SSSR count).